The molecule has 0 spiro atoms. The van der Waals surface area contributed by atoms with Crippen molar-refractivity contribution in [3.05, 3.63) is 47.5 Å². The number of fused-ring (bicyclic) bond motifs is 3. The van der Waals surface area contributed by atoms with Crippen molar-refractivity contribution >= 4 is 39.1 Å². The highest BCUT2D eigenvalue weighted by Crippen LogP contribution is 2.38. The van der Waals surface area contributed by atoms with Crippen molar-refractivity contribution in [1.82, 2.24) is 9.88 Å². The lowest BCUT2D eigenvalue weighted by atomic mass is 9.91. The van der Waals surface area contributed by atoms with Crippen LogP contribution >= 0.6 is 11.3 Å². The lowest BCUT2D eigenvalue weighted by Gasteiger charge is -2.44. The van der Waals surface area contributed by atoms with Crippen molar-refractivity contribution in [2.75, 3.05) is 12.0 Å². The van der Waals surface area contributed by atoms with Crippen LogP contribution in [0.25, 0.3) is 10.2 Å². The first-order chi connectivity index (χ1) is 15.0. The normalized spacial score (nSPS) is 21.9. The third-order valence-corrected chi connectivity index (χ3v) is 7.50. The van der Waals surface area contributed by atoms with Crippen molar-refractivity contribution < 1.29 is 14.3 Å². The van der Waals surface area contributed by atoms with Crippen LogP contribution in [0, 0.1) is 0 Å². The molecule has 2 aromatic heterocycles. The number of nitrogens with one attached hydrogen (secondary N) is 1. The number of benzene rings is 1. The predicted molar refractivity (Wildman–Crippen MR) is 123 cm³/mol. The van der Waals surface area contributed by atoms with Crippen LogP contribution in [0.4, 0.5) is 5.69 Å². The molecule has 1 aromatic carbocycles. The van der Waals surface area contributed by atoms with Gasteiger partial charge in [0.2, 0.25) is 5.91 Å². The average molecular weight is 438 g/mol. The summed E-state index contributed by atoms with van der Waals surface area (Å²) in [4.78, 5) is 29.2. The van der Waals surface area contributed by atoms with E-state index in [2.05, 4.69) is 5.32 Å². The summed E-state index contributed by atoms with van der Waals surface area (Å²) in [6.45, 7) is 2.29. The molecule has 6 nitrogen and oxygen atoms in total. The zero-order valence-corrected chi connectivity index (χ0v) is 18.7. The Morgan fingerprint density at radius 3 is 2.77 bits per heavy atom. The van der Waals surface area contributed by atoms with Crippen LogP contribution in [0.3, 0.4) is 0 Å². The fraction of sp³-hybridized carbons (Fsp3) is 0.417. The molecule has 2 amide bonds. The van der Waals surface area contributed by atoms with E-state index in [1.165, 1.54) is 6.42 Å². The lowest BCUT2D eigenvalue weighted by Crippen LogP contribution is -2.65. The van der Waals surface area contributed by atoms with Gasteiger partial charge in [-0.25, -0.2) is 0 Å². The molecular formula is C24H27N3O3S. The number of carbonyl (C=O) groups excluding carboxylic acids is 2. The van der Waals surface area contributed by atoms with Crippen LogP contribution in [0.15, 0.2) is 41.8 Å². The van der Waals surface area contributed by atoms with E-state index in [0.29, 0.717) is 23.7 Å². The number of carbonyl (C=O) groups is 2. The van der Waals surface area contributed by atoms with Crippen LogP contribution in [-0.4, -0.2) is 35.1 Å². The highest BCUT2D eigenvalue weighted by Gasteiger charge is 2.49. The van der Waals surface area contributed by atoms with E-state index in [9.17, 15) is 9.59 Å². The van der Waals surface area contributed by atoms with Gasteiger partial charge >= 0.3 is 0 Å². The number of thiophene rings is 1. The largest absolute Gasteiger partial charge is 0.497 e. The van der Waals surface area contributed by atoms with Crippen molar-refractivity contribution in [1.29, 1.82) is 0 Å². The molecule has 1 saturated carbocycles. The zero-order chi connectivity index (χ0) is 21.6. The van der Waals surface area contributed by atoms with Gasteiger partial charge in [0.05, 0.1) is 23.9 Å². The van der Waals surface area contributed by atoms with Gasteiger partial charge in [-0.3, -0.25) is 14.5 Å². The first-order valence-corrected chi connectivity index (χ1v) is 11.8. The van der Waals surface area contributed by atoms with E-state index >= 15 is 0 Å². The number of methoxy groups -OCH3 is 1. The number of ether oxygens (including phenoxy) is 1. The second-order valence-electron chi connectivity index (χ2n) is 8.71. The molecule has 3 heterocycles. The second kappa shape index (κ2) is 7.71. The Morgan fingerprint density at radius 2 is 2.00 bits per heavy atom. The molecule has 0 unspecified atom stereocenters. The van der Waals surface area contributed by atoms with Crippen LogP contribution in [0.5, 0.6) is 5.75 Å². The standard InChI is InChI=1S/C24H27N3O3S/c1-24(23(29)25-16-7-4-3-5-8-16)15-26-19-11-12-31-21(19)14-20(26)22(28)27(24)17-9-6-10-18(13-17)30-2/h6,9-14,16H,3-5,7-8,15H2,1-2H3,(H,25,29)/t24-/m1/s1. The van der Waals surface area contributed by atoms with Crippen LogP contribution < -0.4 is 15.0 Å². The Kier molecular flexibility index (Phi) is 5.01. The summed E-state index contributed by atoms with van der Waals surface area (Å²) in [5, 5.41) is 5.29. The maximum atomic E-state index is 13.8. The minimum atomic E-state index is -1.05. The molecule has 1 fully saturated rings. The summed E-state index contributed by atoms with van der Waals surface area (Å²) in [6.07, 6.45) is 5.49. The quantitative estimate of drug-likeness (QED) is 0.650. The summed E-state index contributed by atoms with van der Waals surface area (Å²) in [5.74, 6) is 0.393. The summed E-state index contributed by atoms with van der Waals surface area (Å²) in [7, 11) is 1.60. The molecular weight excluding hydrogens is 410 g/mol. The SMILES string of the molecule is COc1cccc(N2C(=O)c3cc4sccc4n3C[C@]2(C)C(=O)NC2CCCCC2)c1. The minimum absolute atomic E-state index is 0.0988. The van der Waals surface area contributed by atoms with Gasteiger partial charge in [0.15, 0.2) is 0 Å². The first-order valence-electron chi connectivity index (χ1n) is 10.9. The molecule has 1 aliphatic heterocycles. The van der Waals surface area contributed by atoms with E-state index in [1.807, 2.05) is 53.3 Å². The molecule has 0 bridgehead atoms. The summed E-state index contributed by atoms with van der Waals surface area (Å²) in [5.41, 5.74) is 1.24. The van der Waals surface area contributed by atoms with E-state index in [1.54, 1.807) is 23.3 Å². The Labute approximate surface area is 185 Å². The zero-order valence-electron chi connectivity index (χ0n) is 17.9. The Balaban J connectivity index is 1.60. The number of anilines is 1. The molecule has 0 radical (unpaired) electrons. The molecule has 3 aromatic rings. The van der Waals surface area contributed by atoms with E-state index in [4.69, 9.17) is 4.74 Å². The van der Waals surface area contributed by atoms with Gasteiger partial charge in [-0.15, -0.1) is 11.3 Å². The van der Waals surface area contributed by atoms with E-state index in [-0.39, 0.29) is 17.9 Å². The van der Waals surface area contributed by atoms with E-state index in [0.717, 1.165) is 35.9 Å². The number of amides is 2. The highest BCUT2D eigenvalue weighted by molar-refractivity contribution is 7.17. The number of hydrogen-bond donors (Lipinski definition) is 1. The molecule has 1 aliphatic carbocycles. The summed E-state index contributed by atoms with van der Waals surface area (Å²) >= 11 is 1.61. The van der Waals surface area contributed by atoms with Gasteiger partial charge in [0, 0.05) is 17.8 Å². The molecule has 1 N–H and O–H groups in total. The minimum Gasteiger partial charge on any atom is -0.497 e. The number of hydrogen-bond acceptors (Lipinski definition) is 4. The lowest BCUT2D eigenvalue weighted by molar-refractivity contribution is -0.127. The van der Waals surface area contributed by atoms with Gasteiger partial charge in [-0.05, 0) is 49.4 Å². The molecule has 5 rings (SSSR count). The van der Waals surface area contributed by atoms with Crippen molar-refractivity contribution in [3.63, 3.8) is 0 Å². The van der Waals surface area contributed by atoms with Gasteiger partial charge in [0.25, 0.3) is 5.91 Å². The maximum Gasteiger partial charge on any atom is 0.275 e. The van der Waals surface area contributed by atoms with E-state index < -0.39 is 5.54 Å². The van der Waals surface area contributed by atoms with Crippen molar-refractivity contribution in [3.8, 4) is 5.75 Å². The van der Waals surface area contributed by atoms with Crippen LogP contribution in [0.2, 0.25) is 0 Å². The molecule has 162 valence electrons. The third-order valence-electron chi connectivity index (χ3n) is 6.65. The molecule has 31 heavy (non-hydrogen) atoms. The van der Waals surface area contributed by atoms with Crippen molar-refractivity contribution in [2.45, 2.75) is 57.2 Å². The smallest absolute Gasteiger partial charge is 0.275 e. The first kappa shape index (κ1) is 20.1. The number of nitrogens with zero attached hydrogens (tertiary/aromatic N) is 2. The van der Waals surface area contributed by atoms with Crippen molar-refractivity contribution in [2.24, 2.45) is 0 Å². The third kappa shape index (κ3) is 3.31. The number of rotatable bonds is 4. The number of aromatic nitrogens is 1. The van der Waals surface area contributed by atoms with Gasteiger partial charge in [-0.1, -0.05) is 25.3 Å². The van der Waals surface area contributed by atoms with Crippen LogP contribution in [0.1, 0.15) is 49.5 Å². The van der Waals surface area contributed by atoms with Gasteiger partial charge in [0.1, 0.15) is 17.0 Å². The Hall–Kier alpha value is -2.80. The summed E-state index contributed by atoms with van der Waals surface area (Å²) < 4.78 is 8.46. The molecule has 0 saturated heterocycles. The fourth-order valence-corrected chi connectivity index (χ4v) is 5.78. The molecule has 2 aliphatic rings. The maximum absolute atomic E-state index is 13.8. The Bertz CT molecular complexity index is 1140. The predicted octanol–water partition coefficient (Wildman–Crippen LogP) is 4.58. The monoisotopic (exact) mass is 437 g/mol. The van der Waals surface area contributed by atoms with Gasteiger partial charge in [-0.2, -0.15) is 0 Å². The second-order valence-corrected chi connectivity index (χ2v) is 9.66. The fourth-order valence-electron chi connectivity index (χ4n) is 4.95. The molecule has 1 atom stereocenters. The summed E-state index contributed by atoms with van der Waals surface area (Å²) in [6, 6.07) is 11.5. The Morgan fingerprint density at radius 1 is 1.19 bits per heavy atom. The van der Waals surface area contributed by atoms with Crippen LogP contribution in [-0.2, 0) is 11.3 Å². The average Bonchev–Trinajstić information content (AvgIpc) is 3.37. The topological polar surface area (TPSA) is 63.6 Å². The molecule has 7 heteroatoms. The van der Waals surface area contributed by atoms with Gasteiger partial charge < -0.3 is 14.6 Å². The highest BCUT2D eigenvalue weighted by atomic mass is 32.1.